The lowest BCUT2D eigenvalue weighted by atomic mass is 10.0. The summed E-state index contributed by atoms with van der Waals surface area (Å²) in [5, 5.41) is 3.86. The first-order valence-electron chi connectivity index (χ1n) is 7.92. The van der Waals surface area contributed by atoms with Crippen LogP contribution in [0.25, 0.3) is 0 Å². The van der Waals surface area contributed by atoms with Crippen molar-refractivity contribution in [3.05, 3.63) is 53.6 Å². The van der Waals surface area contributed by atoms with Crippen LogP contribution in [0.15, 0.2) is 36.7 Å². The molecular formula is C18H25N3. The first kappa shape index (κ1) is 14.3. The minimum atomic E-state index is 0.232. The zero-order valence-electron chi connectivity index (χ0n) is 13.3. The van der Waals surface area contributed by atoms with Gasteiger partial charge in [0, 0.05) is 30.5 Å². The summed E-state index contributed by atoms with van der Waals surface area (Å²) < 4.78 is 2.23. The molecule has 1 aromatic carbocycles. The topological polar surface area (TPSA) is 29.9 Å². The van der Waals surface area contributed by atoms with Crippen molar-refractivity contribution >= 4 is 0 Å². The van der Waals surface area contributed by atoms with E-state index >= 15 is 0 Å². The van der Waals surface area contributed by atoms with Crippen molar-refractivity contribution in [2.75, 3.05) is 0 Å². The second kappa shape index (κ2) is 5.64. The molecule has 1 atom stereocenters. The molecule has 0 amide bonds. The van der Waals surface area contributed by atoms with Crippen LogP contribution in [0.2, 0.25) is 0 Å². The van der Waals surface area contributed by atoms with Crippen LogP contribution in [0.5, 0.6) is 0 Å². The molecule has 1 fully saturated rings. The molecule has 1 saturated carbocycles. The van der Waals surface area contributed by atoms with Gasteiger partial charge < -0.3 is 9.88 Å². The van der Waals surface area contributed by atoms with Crippen LogP contribution in [0, 0.1) is 13.8 Å². The van der Waals surface area contributed by atoms with Crippen LogP contribution in [-0.4, -0.2) is 15.6 Å². The number of rotatable bonds is 6. The standard InChI is InChI=1S/C18H25N3/c1-14-5-4-6-17(13-14)18(8-9-18)20-15(2)7-11-21-12-10-19-16(21)3/h4-6,10,12-13,15,20H,7-9,11H2,1-3H3. The summed E-state index contributed by atoms with van der Waals surface area (Å²) in [4.78, 5) is 4.28. The maximum Gasteiger partial charge on any atom is 0.105 e. The van der Waals surface area contributed by atoms with Gasteiger partial charge in [0.25, 0.3) is 0 Å². The number of nitrogens with one attached hydrogen (secondary N) is 1. The molecule has 3 nitrogen and oxygen atoms in total. The molecule has 0 spiro atoms. The number of aromatic nitrogens is 2. The molecule has 2 aromatic rings. The molecule has 0 saturated heterocycles. The Morgan fingerprint density at radius 3 is 2.76 bits per heavy atom. The Balaban J connectivity index is 1.59. The predicted molar refractivity (Wildman–Crippen MR) is 86.3 cm³/mol. The van der Waals surface area contributed by atoms with Gasteiger partial charge in [0.1, 0.15) is 5.82 Å². The third kappa shape index (κ3) is 3.18. The first-order chi connectivity index (χ1) is 10.1. The molecule has 1 aromatic heterocycles. The van der Waals surface area contributed by atoms with Gasteiger partial charge in [-0.3, -0.25) is 0 Å². The number of benzene rings is 1. The summed E-state index contributed by atoms with van der Waals surface area (Å²) in [5.74, 6) is 1.10. The largest absolute Gasteiger partial charge is 0.335 e. The monoisotopic (exact) mass is 283 g/mol. The Hall–Kier alpha value is -1.61. The van der Waals surface area contributed by atoms with Gasteiger partial charge in [0.2, 0.25) is 0 Å². The maximum absolute atomic E-state index is 4.28. The minimum absolute atomic E-state index is 0.232. The van der Waals surface area contributed by atoms with Crippen molar-refractivity contribution < 1.29 is 0 Å². The molecule has 0 aliphatic heterocycles. The lowest BCUT2D eigenvalue weighted by Crippen LogP contribution is -2.37. The van der Waals surface area contributed by atoms with E-state index in [0.29, 0.717) is 6.04 Å². The van der Waals surface area contributed by atoms with E-state index in [1.54, 1.807) is 0 Å². The zero-order valence-corrected chi connectivity index (χ0v) is 13.3. The lowest BCUT2D eigenvalue weighted by Gasteiger charge is -2.24. The van der Waals surface area contributed by atoms with Crippen LogP contribution >= 0.6 is 0 Å². The fourth-order valence-corrected chi connectivity index (χ4v) is 3.10. The average molecular weight is 283 g/mol. The average Bonchev–Trinajstić information content (AvgIpc) is 3.12. The van der Waals surface area contributed by atoms with Gasteiger partial charge in [-0.15, -0.1) is 0 Å². The number of imidazole rings is 1. The van der Waals surface area contributed by atoms with Gasteiger partial charge in [-0.05, 0) is 45.6 Å². The Morgan fingerprint density at radius 1 is 1.33 bits per heavy atom. The number of hydrogen-bond donors (Lipinski definition) is 1. The number of hydrogen-bond acceptors (Lipinski definition) is 2. The summed E-state index contributed by atoms with van der Waals surface area (Å²) in [7, 11) is 0. The van der Waals surface area contributed by atoms with Gasteiger partial charge >= 0.3 is 0 Å². The molecule has 3 heteroatoms. The maximum atomic E-state index is 4.28. The fraction of sp³-hybridized carbons (Fsp3) is 0.500. The Morgan fingerprint density at radius 2 is 2.14 bits per heavy atom. The second-order valence-corrected chi connectivity index (χ2v) is 6.45. The highest BCUT2D eigenvalue weighted by Gasteiger charge is 2.44. The van der Waals surface area contributed by atoms with E-state index in [0.717, 1.165) is 18.8 Å². The van der Waals surface area contributed by atoms with Crippen molar-refractivity contribution in [3.63, 3.8) is 0 Å². The van der Waals surface area contributed by atoms with Crippen LogP contribution in [0.1, 0.15) is 43.1 Å². The van der Waals surface area contributed by atoms with Crippen LogP contribution in [-0.2, 0) is 12.1 Å². The van der Waals surface area contributed by atoms with Crippen LogP contribution in [0.4, 0.5) is 0 Å². The van der Waals surface area contributed by atoms with E-state index < -0.39 is 0 Å². The van der Waals surface area contributed by atoms with Crippen LogP contribution < -0.4 is 5.32 Å². The Bertz CT molecular complexity index is 610. The summed E-state index contributed by atoms with van der Waals surface area (Å²) in [6.07, 6.45) is 7.58. The molecule has 1 aliphatic rings. The van der Waals surface area contributed by atoms with E-state index in [4.69, 9.17) is 0 Å². The molecular weight excluding hydrogens is 258 g/mol. The van der Waals surface area contributed by atoms with Crippen LogP contribution in [0.3, 0.4) is 0 Å². The quantitative estimate of drug-likeness (QED) is 0.878. The Labute approximate surface area is 127 Å². The third-order valence-corrected chi connectivity index (χ3v) is 4.57. The summed E-state index contributed by atoms with van der Waals surface area (Å²) in [5.41, 5.74) is 3.03. The molecule has 21 heavy (non-hydrogen) atoms. The van der Waals surface area contributed by atoms with E-state index in [2.05, 4.69) is 66.1 Å². The molecule has 0 radical (unpaired) electrons. The molecule has 112 valence electrons. The molecule has 1 N–H and O–H groups in total. The third-order valence-electron chi connectivity index (χ3n) is 4.57. The second-order valence-electron chi connectivity index (χ2n) is 6.45. The van der Waals surface area contributed by atoms with Crippen molar-refractivity contribution in [3.8, 4) is 0 Å². The molecule has 0 bridgehead atoms. The highest BCUT2D eigenvalue weighted by molar-refractivity contribution is 5.33. The summed E-state index contributed by atoms with van der Waals surface area (Å²) >= 11 is 0. The van der Waals surface area contributed by atoms with Crippen molar-refractivity contribution in [2.45, 2.75) is 58.2 Å². The smallest absolute Gasteiger partial charge is 0.105 e. The lowest BCUT2D eigenvalue weighted by molar-refractivity contribution is 0.401. The number of aryl methyl sites for hydroxylation is 3. The van der Waals surface area contributed by atoms with Gasteiger partial charge in [0.05, 0.1) is 0 Å². The predicted octanol–water partition coefficient (Wildman–Crippen LogP) is 3.56. The molecule has 1 unspecified atom stereocenters. The molecule has 1 aliphatic carbocycles. The van der Waals surface area contributed by atoms with Gasteiger partial charge in [0.15, 0.2) is 0 Å². The van der Waals surface area contributed by atoms with Gasteiger partial charge in [-0.1, -0.05) is 29.8 Å². The normalized spacial score (nSPS) is 17.7. The van der Waals surface area contributed by atoms with E-state index in [1.807, 2.05) is 6.20 Å². The van der Waals surface area contributed by atoms with Crippen molar-refractivity contribution in [1.29, 1.82) is 0 Å². The minimum Gasteiger partial charge on any atom is -0.335 e. The van der Waals surface area contributed by atoms with Crippen molar-refractivity contribution in [2.24, 2.45) is 0 Å². The zero-order chi connectivity index (χ0) is 14.9. The number of nitrogens with zero attached hydrogens (tertiary/aromatic N) is 2. The van der Waals surface area contributed by atoms with Crippen molar-refractivity contribution in [1.82, 2.24) is 14.9 Å². The Kier molecular flexibility index (Phi) is 3.85. The summed E-state index contributed by atoms with van der Waals surface area (Å²) in [6, 6.07) is 9.44. The van der Waals surface area contributed by atoms with Gasteiger partial charge in [-0.2, -0.15) is 0 Å². The fourth-order valence-electron chi connectivity index (χ4n) is 3.10. The highest BCUT2D eigenvalue weighted by atomic mass is 15.1. The van der Waals surface area contributed by atoms with Gasteiger partial charge in [-0.25, -0.2) is 4.98 Å². The summed E-state index contributed by atoms with van der Waals surface area (Å²) in [6.45, 7) is 7.56. The SMILES string of the molecule is Cc1cccc(C2(NC(C)CCn3ccnc3C)CC2)c1. The van der Waals surface area contributed by atoms with E-state index in [1.165, 1.54) is 24.0 Å². The van der Waals surface area contributed by atoms with E-state index in [-0.39, 0.29) is 5.54 Å². The van der Waals surface area contributed by atoms with E-state index in [9.17, 15) is 0 Å². The highest BCUT2D eigenvalue weighted by Crippen LogP contribution is 2.46. The first-order valence-corrected chi connectivity index (χ1v) is 7.92. The molecule has 1 heterocycles. The molecule has 3 rings (SSSR count).